The van der Waals surface area contributed by atoms with Crippen LogP contribution in [-0.4, -0.2) is 24.7 Å². The third-order valence-corrected chi connectivity index (χ3v) is 4.40. The predicted molar refractivity (Wildman–Crippen MR) is 83.1 cm³/mol. The van der Waals surface area contributed by atoms with Gasteiger partial charge in [-0.05, 0) is 37.3 Å². The number of hydrogen-bond acceptors (Lipinski definition) is 3. The van der Waals surface area contributed by atoms with E-state index in [9.17, 15) is 0 Å². The number of likely N-dealkylation sites (N-methyl/N-ethyl adjacent to an activating group) is 1. The van der Waals surface area contributed by atoms with E-state index in [1.165, 1.54) is 44.1 Å². The van der Waals surface area contributed by atoms with Crippen molar-refractivity contribution >= 4 is 0 Å². The zero-order chi connectivity index (χ0) is 14.2. The van der Waals surface area contributed by atoms with Gasteiger partial charge < -0.3 is 10.1 Å². The molecule has 1 unspecified atom stereocenters. The molecule has 0 bridgehead atoms. The van der Waals surface area contributed by atoms with E-state index in [4.69, 9.17) is 4.74 Å². The molecular formula is C17H28N2O. The number of nitrogens with one attached hydrogen (secondary N) is 1. The van der Waals surface area contributed by atoms with E-state index < -0.39 is 0 Å². The molecule has 1 aromatic rings. The van der Waals surface area contributed by atoms with E-state index in [1.54, 1.807) is 7.11 Å². The fourth-order valence-corrected chi connectivity index (χ4v) is 3.29. The Morgan fingerprint density at radius 3 is 2.55 bits per heavy atom. The van der Waals surface area contributed by atoms with E-state index in [1.807, 2.05) is 12.3 Å². The van der Waals surface area contributed by atoms with Crippen LogP contribution in [0, 0.1) is 5.92 Å². The fourth-order valence-electron chi connectivity index (χ4n) is 3.29. The lowest BCUT2D eigenvalue weighted by atomic mass is 9.88. The molecule has 3 heteroatoms. The van der Waals surface area contributed by atoms with Gasteiger partial charge in [0.1, 0.15) is 0 Å². The summed E-state index contributed by atoms with van der Waals surface area (Å²) in [6, 6.07) is 4.70. The van der Waals surface area contributed by atoms with Gasteiger partial charge >= 0.3 is 0 Å². The number of nitrogens with zero attached hydrogens (tertiary/aromatic N) is 1. The van der Waals surface area contributed by atoms with E-state index in [-0.39, 0.29) is 0 Å². The van der Waals surface area contributed by atoms with Crippen molar-refractivity contribution in [1.82, 2.24) is 10.3 Å². The highest BCUT2D eigenvalue weighted by atomic mass is 16.5. The second kappa shape index (κ2) is 8.25. The van der Waals surface area contributed by atoms with Crippen LogP contribution in [0.15, 0.2) is 18.3 Å². The summed E-state index contributed by atoms with van der Waals surface area (Å²) < 4.78 is 5.13. The van der Waals surface area contributed by atoms with Crippen LogP contribution in [0.3, 0.4) is 0 Å². The van der Waals surface area contributed by atoms with Gasteiger partial charge in [0.15, 0.2) is 0 Å². The first-order valence-corrected chi connectivity index (χ1v) is 8.05. The summed E-state index contributed by atoms with van der Waals surface area (Å²) in [4.78, 5) is 4.32. The molecule has 0 radical (unpaired) electrons. The third-order valence-electron chi connectivity index (χ3n) is 4.40. The molecule has 1 aliphatic carbocycles. The van der Waals surface area contributed by atoms with Crippen molar-refractivity contribution < 1.29 is 4.74 Å². The minimum atomic E-state index is 0.591. The minimum absolute atomic E-state index is 0.591. The third kappa shape index (κ3) is 4.48. The highest BCUT2D eigenvalue weighted by Gasteiger charge is 2.22. The van der Waals surface area contributed by atoms with Gasteiger partial charge in [0.2, 0.25) is 5.88 Å². The first-order chi connectivity index (χ1) is 9.83. The minimum Gasteiger partial charge on any atom is -0.481 e. The van der Waals surface area contributed by atoms with Gasteiger partial charge in [0.05, 0.1) is 7.11 Å². The van der Waals surface area contributed by atoms with Crippen molar-refractivity contribution in [2.45, 2.75) is 57.9 Å². The second-order valence-corrected chi connectivity index (χ2v) is 5.83. The van der Waals surface area contributed by atoms with Gasteiger partial charge in [-0.3, -0.25) is 0 Å². The Kier molecular flexibility index (Phi) is 6.31. The number of rotatable bonds is 6. The molecule has 0 aliphatic heterocycles. The van der Waals surface area contributed by atoms with Crippen LogP contribution in [0.2, 0.25) is 0 Å². The average Bonchev–Trinajstić information content (AvgIpc) is 2.76. The Morgan fingerprint density at radius 2 is 2.00 bits per heavy atom. The molecule has 20 heavy (non-hydrogen) atoms. The first-order valence-electron chi connectivity index (χ1n) is 8.05. The zero-order valence-corrected chi connectivity index (χ0v) is 12.9. The Bertz CT molecular complexity index is 369. The molecule has 112 valence electrons. The summed E-state index contributed by atoms with van der Waals surface area (Å²) >= 11 is 0. The van der Waals surface area contributed by atoms with Crippen LogP contribution >= 0.6 is 0 Å². The van der Waals surface area contributed by atoms with Crippen LogP contribution in [0.25, 0.3) is 0 Å². The van der Waals surface area contributed by atoms with E-state index >= 15 is 0 Å². The lowest BCUT2D eigenvalue weighted by Crippen LogP contribution is -2.38. The Morgan fingerprint density at radius 1 is 1.25 bits per heavy atom. The van der Waals surface area contributed by atoms with Gasteiger partial charge in [-0.1, -0.05) is 38.7 Å². The van der Waals surface area contributed by atoms with Crippen molar-refractivity contribution in [3.8, 4) is 5.88 Å². The molecule has 0 aromatic carbocycles. The largest absolute Gasteiger partial charge is 0.481 e. The van der Waals surface area contributed by atoms with E-state index in [2.05, 4.69) is 23.3 Å². The van der Waals surface area contributed by atoms with Gasteiger partial charge in [0, 0.05) is 18.3 Å². The monoisotopic (exact) mass is 276 g/mol. The molecule has 1 atom stereocenters. The van der Waals surface area contributed by atoms with Crippen LogP contribution < -0.4 is 10.1 Å². The van der Waals surface area contributed by atoms with Gasteiger partial charge in [-0.2, -0.15) is 0 Å². The maximum absolute atomic E-state index is 5.13. The van der Waals surface area contributed by atoms with Crippen molar-refractivity contribution in [2.75, 3.05) is 13.7 Å². The molecular weight excluding hydrogens is 248 g/mol. The van der Waals surface area contributed by atoms with Crippen LogP contribution in [0.5, 0.6) is 5.88 Å². The van der Waals surface area contributed by atoms with E-state index in [0.717, 1.165) is 18.9 Å². The molecule has 1 fully saturated rings. The molecule has 1 aliphatic rings. The van der Waals surface area contributed by atoms with Crippen molar-refractivity contribution in [3.63, 3.8) is 0 Å². The Hall–Kier alpha value is -1.09. The maximum Gasteiger partial charge on any atom is 0.212 e. The number of ether oxygens (including phenoxy) is 1. The molecule has 1 saturated carbocycles. The zero-order valence-electron chi connectivity index (χ0n) is 12.9. The molecule has 0 saturated heterocycles. The highest BCUT2D eigenvalue weighted by molar-refractivity contribution is 5.18. The molecule has 0 amide bonds. The highest BCUT2D eigenvalue weighted by Crippen LogP contribution is 2.27. The van der Waals surface area contributed by atoms with Crippen LogP contribution in [0.4, 0.5) is 0 Å². The summed E-state index contributed by atoms with van der Waals surface area (Å²) in [5.74, 6) is 1.52. The number of aromatic nitrogens is 1. The normalized spacial score (nSPS) is 18.5. The molecule has 1 N–H and O–H groups in total. The summed E-state index contributed by atoms with van der Waals surface area (Å²) in [6.45, 7) is 3.25. The van der Waals surface area contributed by atoms with Gasteiger partial charge in [0.25, 0.3) is 0 Å². The number of pyridine rings is 1. The lowest BCUT2D eigenvalue weighted by Gasteiger charge is -2.27. The number of hydrogen-bond donors (Lipinski definition) is 1. The quantitative estimate of drug-likeness (QED) is 0.806. The van der Waals surface area contributed by atoms with E-state index in [0.29, 0.717) is 11.9 Å². The van der Waals surface area contributed by atoms with Gasteiger partial charge in [-0.25, -0.2) is 4.98 Å². The Balaban J connectivity index is 1.99. The smallest absolute Gasteiger partial charge is 0.212 e. The lowest BCUT2D eigenvalue weighted by molar-refractivity contribution is 0.321. The van der Waals surface area contributed by atoms with Gasteiger partial charge in [-0.15, -0.1) is 0 Å². The Labute approximate surface area is 123 Å². The van der Waals surface area contributed by atoms with Crippen LogP contribution in [-0.2, 0) is 6.42 Å². The van der Waals surface area contributed by atoms with Crippen molar-refractivity contribution in [3.05, 3.63) is 23.9 Å². The summed E-state index contributed by atoms with van der Waals surface area (Å²) in [6.07, 6.45) is 11.4. The average molecular weight is 276 g/mol. The predicted octanol–water partition coefficient (Wildman–Crippen LogP) is 3.58. The summed E-state index contributed by atoms with van der Waals surface area (Å²) in [5.41, 5.74) is 1.31. The molecule has 2 rings (SSSR count). The number of methoxy groups -OCH3 is 1. The molecule has 1 aromatic heterocycles. The maximum atomic E-state index is 5.13. The van der Waals surface area contributed by atoms with Crippen molar-refractivity contribution in [1.29, 1.82) is 0 Å². The van der Waals surface area contributed by atoms with Crippen LogP contribution in [0.1, 0.15) is 51.0 Å². The molecule has 1 heterocycles. The standard InChI is InChI=1S/C17H28N2O/c1-3-18-16(15-8-6-4-5-7-9-15)12-14-10-11-17(20-2)19-13-14/h10-11,13,15-16,18H,3-9,12H2,1-2H3. The molecule has 0 spiro atoms. The van der Waals surface area contributed by atoms with Crippen molar-refractivity contribution in [2.24, 2.45) is 5.92 Å². The second-order valence-electron chi connectivity index (χ2n) is 5.83. The summed E-state index contributed by atoms with van der Waals surface area (Å²) in [7, 11) is 1.66. The topological polar surface area (TPSA) is 34.1 Å². The summed E-state index contributed by atoms with van der Waals surface area (Å²) in [5, 5.41) is 3.70. The first kappa shape index (κ1) is 15.3. The molecule has 3 nitrogen and oxygen atoms in total. The fraction of sp³-hybridized carbons (Fsp3) is 0.706. The SMILES string of the molecule is CCNC(Cc1ccc(OC)nc1)C1CCCCCC1.